The van der Waals surface area contributed by atoms with Crippen molar-refractivity contribution in [3.63, 3.8) is 0 Å². The zero-order chi connectivity index (χ0) is 11.3. The van der Waals surface area contributed by atoms with Gasteiger partial charge in [0.25, 0.3) is 0 Å². The molecule has 0 spiro atoms. The van der Waals surface area contributed by atoms with Gasteiger partial charge in [-0.25, -0.2) is 0 Å². The minimum Gasteiger partial charge on any atom is -0.328 e. The first-order chi connectivity index (χ1) is 6.04. The molecule has 0 radical (unpaired) electrons. The monoisotopic (exact) mass is 193 g/mol. The van der Waals surface area contributed by atoms with Crippen molar-refractivity contribution in [3.05, 3.63) is 0 Å². The van der Waals surface area contributed by atoms with E-state index in [1.165, 1.54) is 0 Å². The van der Waals surface area contributed by atoms with Gasteiger partial charge in [0.2, 0.25) is 0 Å². The first-order valence-corrected chi connectivity index (χ1v) is 4.56. The molecule has 84 valence electrons. The van der Waals surface area contributed by atoms with Gasteiger partial charge in [-0.3, -0.25) is 23.0 Å². The Kier molecular flexibility index (Phi) is 25.4. The van der Waals surface area contributed by atoms with E-state index in [0.29, 0.717) is 6.04 Å². The minimum absolute atomic E-state index is 0.375. The van der Waals surface area contributed by atoms with Crippen LogP contribution in [0, 0.1) is 5.92 Å². The van der Waals surface area contributed by atoms with E-state index in [1.54, 1.807) is 0 Å². The molecule has 0 rings (SSSR count). The lowest BCUT2D eigenvalue weighted by molar-refractivity contribution is 0.520. The van der Waals surface area contributed by atoms with Gasteiger partial charge in [-0.15, -0.1) is 0 Å². The van der Waals surface area contributed by atoms with Crippen molar-refractivity contribution in [1.29, 1.82) is 0 Å². The van der Waals surface area contributed by atoms with Crippen LogP contribution < -0.4 is 28.7 Å². The molecule has 0 fully saturated rings. The van der Waals surface area contributed by atoms with Gasteiger partial charge in [0.1, 0.15) is 0 Å². The third kappa shape index (κ3) is 49.2. The lowest BCUT2D eigenvalue weighted by atomic mass is 10.1. The van der Waals surface area contributed by atoms with Crippen LogP contribution in [0.4, 0.5) is 0 Å². The molecule has 0 aromatic carbocycles. The van der Waals surface area contributed by atoms with Gasteiger partial charge < -0.3 is 5.73 Å². The molecule has 5 heteroatoms. The number of nitrogens with two attached hydrogens (primary N) is 4. The predicted octanol–water partition coefficient (Wildman–Crippen LogP) is -0.332. The van der Waals surface area contributed by atoms with E-state index < -0.39 is 0 Å². The maximum Gasteiger partial charge on any atom is 0.00689 e. The Morgan fingerprint density at radius 1 is 1.15 bits per heavy atom. The van der Waals surface area contributed by atoms with Gasteiger partial charge in [0.15, 0.2) is 0 Å². The van der Waals surface area contributed by atoms with Crippen molar-refractivity contribution in [2.24, 2.45) is 29.2 Å². The molecular weight excluding hydrogens is 166 g/mol. The average Bonchev–Trinajstić information content (AvgIpc) is 2.06. The molecule has 0 aliphatic heterocycles. The number of hydrogen-bond acceptors (Lipinski definition) is 5. The van der Waals surface area contributed by atoms with Gasteiger partial charge in [-0.2, -0.15) is 0 Å². The highest BCUT2D eigenvalue weighted by atomic mass is 15.2. The van der Waals surface area contributed by atoms with E-state index in [2.05, 4.69) is 31.0 Å². The second-order valence-corrected chi connectivity index (χ2v) is 3.16. The summed E-state index contributed by atoms with van der Waals surface area (Å²) in [7, 11) is 0. The van der Waals surface area contributed by atoms with Crippen LogP contribution in [-0.4, -0.2) is 12.6 Å². The lowest BCUT2D eigenvalue weighted by Gasteiger charge is -2.05. The molecule has 0 bridgehead atoms. The highest BCUT2D eigenvalue weighted by Gasteiger charge is 1.95. The zero-order valence-corrected chi connectivity index (χ0v) is 9.38. The maximum atomic E-state index is 5.49. The van der Waals surface area contributed by atoms with Crippen LogP contribution in [0.2, 0.25) is 0 Å². The Bertz CT molecular complexity index is 57.6. The number of hydrazine groups is 2. The van der Waals surface area contributed by atoms with Gasteiger partial charge in [0, 0.05) is 12.6 Å². The first-order valence-electron chi connectivity index (χ1n) is 4.56. The first kappa shape index (κ1) is 18.6. The largest absolute Gasteiger partial charge is 0.328 e. The van der Waals surface area contributed by atoms with Gasteiger partial charge in [-0.05, 0) is 19.3 Å². The summed E-state index contributed by atoms with van der Waals surface area (Å²) in [6, 6.07) is 0.375. The smallest absolute Gasteiger partial charge is 0.00689 e. The maximum absolute atomic E-state index is 5.49. The SMILES string of the molecule is CC(C)CC(C)N.CCNN.NN. The van der Waals surface area contributed by atoms with Crippen molar-refractivity contribution in [2.45, 2.75) is 40.2 Å². The van der Waals surface area contributed by atoms with Gasteiger partial charge >= 0.3 is 0 Å². The third-order valence-electron chi connectivity index (χ3n) is 1.05. The van der Waals surface area contributed by atoms with E-state index in [4.69, 9.17) is 11.6 Å². The highest BCUT2D eigenvalue weighted by Crippen LogP contribution is 2.00. The average molecular weight is 193 g/mol. The van der Waals surface area contributed by atoms with Crippen LogP contribution in [0.15, 0.2) is 0 Å². The van der Waals surface area contributed by atoms with E-state index in [9.17, 15) is 0 Å². The van der Waals surface area contributed by atoms with E-state index in [0.717, 1.165) is 18.9 Å². The summed E-state index contributed by atoms with van der Waals surface area (Å²) in [5.74, 6) is 13.5. The lowest BCUT2D eigenvalue weighted by Crippen LogP contribution is -2.20. The second kappa shape index (κ2) is 17.8. The number of rotatable bonds is 3. The van der Waals surface area contributed by atoms with Crippen molar-refractivity contribution in [3.8, 4) is 0 Å². The molecule has 0 aromatic heterocycles. The Balaban J connectivity index is -0.000000142. The van der Waals surface area contributed by atoms with Gasteiger partial charge in [-0.1, -0.05) is 20.8 Å². The number of hydrogen-bond donors (Lipinski definition) is 5. The normalized spacial score (nSPS) is 10.8. The summed E-state index contributed by atoms with van der Waals surface area (Å²) in [4.78, 5) is 0. The Labute approximate surface area is 82.2 Å². The molecule has 0 aliphatic rings. The summed E-state index contributed by atoms with van der Waals surface area (Å²) in [6.07, 6.45) is 1.14. The van der Waals surface area contributed by atoms with Crippen LogP contribution in [0.1, 0.15) is 34.1 Å². The van der Waals surface area contributed by atoms with E-state index in [-0.39, 0.29) is 0 Å². The van der Waals surface area contributed by atoms with Crippen molar-refractivity contribution in [1.82, 2.24) is 5.43 Å². The van der Waals surface area contributed by atoms with Crippen LogP contribution in [0.5, 0.6) is 0 Å². The summed E-state index contributed by atoms with van der Waals surface area (Å²) in [6.45, 7) is 9.20. The molecule has 0 amide bonds. The van der Waals surface area contributed by atoms with Crippen LogP contribution >= 0.6 is 0 Å². The second-order valence-electron chi connectivity index (χ2n) is 3.16. The quantitative estimate of drug-likeness (QED) is 0.311. The Hall–Kier alpha value is -0.200. The van der Waals surface area contributed by atoms with Gasteiger partial charge in [0.05, 0.1) is 0 Å². The van der Waals surface area contributed by atoms with Crippen LogP contribution in [-0.2, 0) is 0 Å². The molecule has 1 unspecified atom stereocenters. The van der Waals surface area contributed by atoms with Crippen LogP contribution in [0.25, 0.3) is 0 Å². The van der Waals surface area contributed by atoms with Crippen molar-refractivity contribution in [2.75, 3.05) is 6.54 Å². The summed E-state index contributed by atoms with van der Waals surface area (Å²) >= 11 is 0. The molecule has 9 N–H and O–H groups in total. The fourth-order valence-corrected chi connectivity index (χ4v) is 0.744. The molecule has 0 aromatic rings. The van der Waals surface area contributed by atoms with E-state index in [1.807, 2.05) is 13.8 Å². The highest BCUT2D eigenvalue weighted by molar-refractivity contribution is 4.54. The summed E-state index contributed by atoms with van der Waals surface area (Å²) < 4.78 is 0. The Morgan fingerprint density at radius 3 is 1.46 bits per heavy atom. The van der Waals surface area contributed by atoms with Crippen molar-refractivity contribution < 1.29 is 0 Å². The molecule has 0 aliphatic carbocycles. The molecule has 5 nitrogen and oxygen atoms in total. The Morgan fingerprint density at radius 2 is 1.46 bits per heavy atom. The molecule has 1 atom stereocenters. The summed E-state index contributed by atoms with van der Waals surface area (Å²) in [5.41, 5.74) is 7.92. The molecule has 13 heavy (non-hydrogen) atoms. The van der Waals surface area contributed by atoms with E-state index >= 15 is 0 Å². The standard InChI is InChI=1S/C6H15N.C2H8N2.H4N2/c1-5(2)4-6(3)7;1-2-4-3;1-2/h5-6H,4,7H2,1-3H3;4H,2-3H2,1H3;1-2H2. The topological polar surface area (TPSA) is 116 Å². The molecule has 0 saturated carbocycles. The third-order valence-corrected chi connectivity index (χ3v) is 1.05. The molecule has 0 heterocycles. The zero-order valence-electron chi connectivity index (χ0n) is 9.38. The number of nitrogens with one attached hydrogen (secondary N) is 1. The summed E-state index contributed by atoms with van der Waals surface area (Å²) in [5, 5.41) is 0. The fourth-order valence-electron chi connectivity index (χ4n) is 0.744. The predicted molar refractivity (Wildman–Crippen MR) is 59.3 cm³/mol. The fraction of sp³-hybridized carbons (Fsp3) is 1.00. The molecular formula is C8H27N5. The molecule has 0 saturated heterocycles. The minimum atomic E-state index is 0.375. The van der Waals surface area contributed by atoms with Crippen molar-refractivity contribution >= 4 is 0 Å². The van der Waals surface area contributed by atoms with Crippen LogP contribution in [0.3, 0.4) is 0 Å².